The third-order valence-corrected chi connectivity index (χ3v) is 3.49. The zero-order valence-corrected chi connectivity index (χ0v) is 12.7. The molecule has 3 nitrogen and oxygen atoms in total. The van der Waals surface area contributed by atoms with E-state index in [1.54, 1.807) is 10.9 Å². The molecule has 0 radical (unpaired) electrons. The van der Waals surface area contributed by atoms with Gasteiger partial charge in [0.05, 0.1) is 21.4 Å². The molecule has 0 aliphatic rings. The van der Waals surface area contributed by atoms with E-state index < -0.39 is 0 Å². The second kappa shape index (κ2) is 5.87. The number of nitrogens with zero attached hydrogens (tertiary/aromatic N) is 2. The lowest BCUT2D eigenvalue weighted by Gasteiger charge is -2.14. The second-order valence-electron chi connectivity index (χ2n) is 4.09. The Morgan fingerprint density at radius 2 is 2.28 bits per heavy atom. The van der Waals surface area contributed by atoms with Gasteiger partial charge in [0.25, 0.3) is 0 Å². The summed E-state index contributed by atoms with van der Waals surface area (Å²) in [7, 11) is 0. The van der Waals surface area contributed by atoms with Gasteiger partial charge in [0, 0.05) is 12.2 Å². The van der Waals surface area contributed by atoms with Gasteiger partial charge >= 0.3 is 0 Å². The first-order valence-corrected chi connectivity index (χ1v) is 7.02. The lowest BCUT2D eigenvalue weighted by Crippen LogP contribution is -2.17. The lowest BCUT2D eigenvalue weighted by molar-refractivity contribution is 0.598. The standard InChI is InChI=1S/C13H15BrClN3/c1-3-16-9(2)10-4-5-13(12(15)6-10)18-8-11(14)7-17-18/h4-9,16H,3H2,1-2H3. The van der Waals surface area contributed by atoms with Crippen LogP contribution in [-0.2, 0) is 0 Å². The van der Waals surface area contributed by atoms with Gasteiger partial charge in [0.1, 0.15) is 0 Å². The van der Waals surface area contributed by atoms with Crippen LogP contribution in [0.25, 0.3) is 5.69 Å². The van der Waals surface area contributed by atoms with Crippen molar-refractivity contribution in [2.75, 3.05) is 6.54 Å². The molecule has 1 unspecified atom stereocenters. The van der Waals surface area contributed by atoms with Crippen molar-refractivity contribution < 1.29 is 0 Å². The van der Waals surface area contributed by atoms with Crippen molar-refractivity contribution in [2.45, 2.75) is 19.9 Å². The number of aromatic nitrogens is 2. The quantitative estimate of drug-likeness (QED) is 0.920. The highest BCUT2D eigenvalue weighted by atomic mass is 79.9. The van der Waals surface area contributed by atoms with Crippen LogP contribution in [0.5, 0.6) is 0 Å². The second-order valence-corrected chi connectivity index (χ2v) is 5.42. The zero-order valence-electron chi connectivity index (χ0n) is 10.3. The SMILES string of the molecule is CCNC(C)c1ccc(-n2cc(Br)cn2)c(Cl)c1. The summed E-state index contributed by atoms with van der Waals surface area (Å²) >= 11 is 9.69. The molecule has 1 aromatic heterocycles. The highest BCUT2D eigenvalue weighted by molar-refractivity contribution is 9.10. The zero-order chi connectivity index (χ0) is 13.1. The maximum absolute atomic E-state index is 6.31. The number of benzene rings is 1. The summed E-state index contributed by atoms with van der Waals surface area (Å²) in [5.41, 5.74) is 2.06. The molecule has 2 rings (SSSR count). The van der Waals surface area contributed by atoms with E-state index >= 15 is 0 Å². The topological polar surface area (TPSA) is 29.9 Å². The van der Waals surface area contributed by atoms with Gasteiger partial charge in [-0.25, -0.2) is 4.68 Å². The van der Waals surface area contributed by atoms with Crippen molar-refractivity contribution in [1.29, 1.82) is 0 Å². The highest BCUT2D eigenvalue weighted by Gasteiger charge is 2.09. The Morgan fingerprint density at radius 3 is 2.83 bits per heavy atom. The first-order chi connectivity index (χ1) is 8.61. The molecule has 0 saturated heterocycles. The molecule has 0 aliphatic heterocycles. The molecule has 1 N–H and O–H groups in total. The molecule has 0 saturated carbocycles. The van der Waals surface area contributed by atoms with E-state index in [1.165, 1.54) is 5.56 Å². The average Bonchev–Trinajstić information content (AvgIpc) is 2.76. The van der Waals surface area contributed by atoms with Gasteiger partial charge in [-0.2, -0.15) is 5.10 Å². The van der Waals surface area contributed by atoms with Crippen molar-refractivity contribution in [1.82, 2.24) is 15.1 Å². The summed E-state index contributed by atoms with van der Waals surface area (Å²) in [6.07, 6.45) is 3.63. The Hall–Kier alpha value is -0.840. The fraction of sp³-hybridized carbons (Fsp3) is 0.308. The van der Waals surface area contributed by atoms with Crippen molar-refractivity contribution in [2.24, 2.45) is 0 Å². The van der Waals surface area contributed by atoms with Crippen LogP contribution in [0.1, 0.15) is 25.5 Å². The molecular weight excluding hydrogens is 314 g/mol. The minimum atomic E-state index is 0.297. The lowest BCUT2D eigenvalue weighted by atomic mass is 10.1. The fourth-order valence-electron chi connectivity index (χ4n) is 1.83. The number of nitrogens with one attached hydrogen (secondary N) is 1. The Balaban J connectivity index is 2.30. The van der Waals surface area contributed by atoms with Crippen LogP contribution in [0.2, 0.25) is 5.02 Å². The van der Waals surface area contributed by atoms with Crippen LogP contribution >= 0.6 is 27.5 Å². The number of halogens is 2. The predicted molar refractivity (Wildman–Crippen MR) is 78.4 cm³/mol. The van der Waals surface area contributed by atoms with Crippen molar-refractivity contribution in [3.05, 3.63) is 45.7 Å². The number of hydrogen-bond donors (Lipinski definition) is 1. The first-order valence-electron chi connectivity index (χ1n) is 5.85. The summed E-state index contributed by atoms with van der Waals surface area (Å²) < 4.78 is 2.69. The normalized spacial score (nSPS) is 12.7. The van der Waals surface area contributed by atoms with Crippen LogP contribution in [0.3, 0.4) is 0 Å². The molecule has 0 bridgehead atoms. The maximum atomic E-state index is 6.31. The molecule has 5 heteroatoms. The minimum Gasteiger partial charge on any atom is -0.310 e. The smallest absolute Gasteiger partial charge is 0.0832 e. The largest absolute Gasteiger partial charge is 0.310 e. The van der Waals surface area contributed by atoms with Gasteiger partial charge in [0.15, 0.2) is 0 Å². The van der Waals surface area contributed by atoms with Crippen LogP contribution in [0.4, 0.5) is 0 Å². The summed E-state index contributed by atoms with van der Waals surface area (Å²) in [6, 6.07) is 6.35. The Kier molecular flexibility index (Phi) is 4.43. The van der Waals surface area contributed by atoms with Crippen LogP contribution in [-0.4, -0.2) is 16.3 Å². The van der Waals surface area contributed by atoms with Crippen LogP contribution < -0.4 is 5.32 Å². The van der Waals surface area contributed by atoms with E-state index in [0.29, 0.717) is 11.1 Å². The molecular formula is C13H15BrClN3. The monoisotopic (exact) mass is 327 g/mol. The molecule has 0 amide bonds. The minimum absolute atomic E-state index is 0.297. The Morgan fingerprint density at radius 1 is 1.50 bits per heavy atom. The van der Waals surface area contributed by atoms with E-state index in [4.69, 9.17) is 11.6 Å². The van der Waals surface area contributed by atoms with Gasteiger partial charge in [-0.15, -0.1) is 0 Å². The van der Waals surface area contributed by atoms with Crippen LogP contribution in [0, 0.1) is 0 Å². The van der Waals surface area contributed by atoms with E-state index in [9.17, 15) is 0 Å². The number of rotatable bonds is 4. The maximum Gasteiger partial charge on any atom is 0.0832 e. The fourth-order valence-corrected chi connectivity index (χ4v) is 2.40. The third-order valence-electron chi connectivity index (χ3n) is 2.78. The van der Waals surface area contributed by atoms with Gasteiger partial charge in [-0.3, -0.25) is 0 Å². The highest BCUT2D eigenvalue weighted by Crippen LogP contribution is 2.25. The van der Waals surface area contributed by atoms with E-state index in [2.05, 4.69) is 46.3 Å². The molecule has 96 valence electrons. The van der Waals surface area contributed by atoms with Gasteiger partial charge < -0.3 is 5.32 Å². The summed E-state index contributed by atoms with van der Waals surface area (Å²) in [5.74, 6) is 0. The Bertz CT molecular complexity index is 539. The van der Waals surface area contributed by atoms with Gasteiger partial charge in [-0.05, 0) is 47.1 Å². The number of hydrogen-bond acceptors (Lipinski definition) is 2. The molecule has 1 atom stereocenters. The van der Waals surface area contributed by atoms with Crippen LogP contribution in [0.15, 0.2) is 35.1 Å². The first kappa shape index (κ1) is 13.6. The molecule has 0 aliphatic carbocycles. The predicted octanol–water partition coefficient (Wildman–Crippen LogP) is 3.96. The molecule has 1 aromatic carbocycles. The summed E-state index contributed by atoms with van der Waals surface area (Å²) in [4.78, 5) is 0. The Labute approximate surface area is 120 Å². The van der Waals surface area contributed by atoms with Gasteiger partial charge in [0.2, 0.25) is 0 Å². The third kappa shape index (κ3) is 2.94. The molecule has 2 aromatic rings. The van der Waals surface area contributed by atoms with E-state index in [-0.39, 0.29) is 0 Å². The molecule has 18 heavy (non-hydrogen) atoms. The summed E-state index contributed by atoms with van der Waals surface area (Å²) in [5, 5.41) is 8.29. The van der Waals surface area contributed by atoms with Crippen molar-refractivity contribution >= 4 is 27.5 Å². The van der Waals surface area contributed by atoms with Gasteiger partial charge in [-0.1, -0.05) is 24.6 Å². The van der Waals surface area contributed by atoms with Crippen molar-refractivity contribution in [3.8, 4) is 5.69 Å². The molecule has 1 heterocycles. The summed E-state index contributed by atoms with van der Waals surface area (Å²) in [6.45, 7) is 5.15. The van der Waals surface area contributed by atoms with Crippen molar-refractivity contribution in [3.63, 3.8) is 0 Å². The average molecular weight is 329 g/mol. The molecule has 0 fully saturated rings. The van der Waals surface area contributed by atoms with E-state index in [0.717, 1.165) is 16.7 Å². The molecule has 0 spiro atoms. The van der Waals surface area contributed by atoms with E-state index in [1.807, 2.05) is 18.3 Å².